The molecule has 0 aromatic heterocycles. The van der Waals surface area contributed by atoms with Crippen molar-refractivity contribution < 1.29 is 8.42 Å². The quantitative estimate of drug-likeness (QED) is 0.661. The maximum Gasteiger partial charge on any atom is 0.213 e. The van der Waals surface area contributed by atoms with Gasteiger partial charge >= 0.3 is 0 Å². The first-order valence-corrected chi connectivity index (χ1v) is 8.70. The summed E-state index contributed by atoms with van der Waals surface area (Å²) in [7, 11) is -3.11. The van der Waals surface area contributed by atoms with Crippen LogP contribution in [-0.2, 0) is 10.0 Å². The first-order valence-electron chi connectivity index (χ1n) is 7.05. The van der Waals surface area contributed by atoms with Gasteiger partial charge < -0.3 is 5.32 Å². The van der Waals surface area contributed by atoms with Crippen LogP contribution in [0.5, 0.6) is 0 Å². The number of likely N-dealkylation sites (N-methyl/N-ethyl adjacent to an activating group) is 1. The van der Waals surface area contributed by atoms with E-state index in [1.807, 2.05) is 0 Å². The third kappa shape index (κ3) is 4.50. The normalized spacial score (nSPS) is 24.9. The Hall–Kier alpha value is -0.170. The fourth-order valence-corrected chi connectivity index (χ4v) is 3.94. The summed E-state index contributed by atoms with van der Waals surface area (Å²) >= 11 is 0. The molecule has 1 aliphatic heterocycles. The van der Waals surface area contributed by atoms with E-state index < -0.39 is 10.0 Å². The first kappa shape index (κ1) is 14.2. The molecule has 1 saturated heterocycles. The lowest BCUT2D eigenvalue weighted by Crippen LogP contribution is -2.40. The van der Waals surface area contributed by atoms with E-state index in [0.29, 0.717) is 12.6 Å². The van der Waals surface area contributed by atoms with Gasteiger partial charge in [0.15, 0.2) is 0 Å². The third-order valence-corrected chi connectivity index (χ3v) is 5.26. The second-order valence-electron chi connectivity index (χ2n) is 5.33. The molecule has 2 aliphatic rings. The minimum Gasteiger partial charge on any atom is -0.313 e. The molecule has 5 nitrogen and oxygen atoms in total. The molecule has 2 rings (SSSR count). The molecule has 0 aromatic rings. The van der Waals surface area contributed by atoms with Crippen LogP contribution in [0, 0.1) is 0 Å². The van der Waals surface area contributed by atoms with Gasteiger partial charge in [0.05, 0.1) is 5.75 Å². The van der Waals surface area contributed by atoms with Gasteiger partial charge in [-0.3, -0.25) is 4.90 Å². The molecule has 0 spiro atoms. The summed E-state index contributed by atoms with van der Waals surface area (Å²) < 4.78 is 26.5. The molecule has 0 amide bonds. The number of nitrogens with one attached hydrogen (secondary N) is 2. The first-order chi connectivity index (χ1) is 8.61. The maximum atomic E-state index is 11.9. The van der Waals surface area contributed by atoms with Crippen LogP contribution in [0.1, 0.15) is 32.6 Å². The van der Waals surface area contributed by atoms with Crippen LogP contribution >= 0.6 is 0 Å². The van der Waals surface area contributed by atoms with Gasteiger partial charge in [-0.15, -0.1) is 0 Å². The average Bonchev–Trinajstić information content (AvgIpc) is 3.04. The Balaban J connectivity index is 1.67. The summed E-state index contributed by atoms with van der Waals surface area (Å²) in [6.45, 7) is 5.47. The Bertz CT molecular complexity index is 348. The van der Waals surface area contributed by atoms with Crippen molar-refractivity contribution in [3.05, 3.63) is 0 Å². The molecule has 1 heterocycles. The van der Waals surface area contributed by atoms with E-state index in [9.17, 15) is 8.42 Å². The largest absolute Gasteiger partial charge is 0.313 e. The number of hydrogen-bond acceptors (Lipinski definition) is 4. The number of nitrogens with zero attached hydrogens (tertiary/aromatic N) is 1. The highest BCUT2D eigenvalue weighted by Crippen LogP contribution is 2.25. The van der Waals surface area contributed by atoms with E-state index in [2.05, 4.69) is 21.9 Å². The molecular formula is C12H25N3O2S. The van der Waals surface area contributed by atoms with Gasteiger partial charge in [-0.2, -0.15) is 0 Å². The summed E-state index contributed by atoms with van der Waals surface area (Å²) in [4.78, 5) is 2.36. The third-order valence-electron chi connectivity index (χ3n) is 3.77. The highest BCUT2D eigenvalue weighted by Gasteiger charge is 2.28. The molecule has 1 unspecified atom stereocenters. The fraction of sp³-hybridized carbons (Fsp3) is 1.00. The minimum absolute atomic E-state index is 0.146. The highest BCUT2D eigenvalue weighted by atomic mass is 32.2. The Kier molecular flexibility index (Phi) is 5.00. The molecule has 1 aliphatic carbocycles. The Morgan fingerprint density at radius 2 is 2.11 bits per heavy atom. The van der Waals surface area contributed by atoms with E-state index >= 15 is 0 Å². The Morgan fingerprint density at radius 3 is 2.67 bits per heavy atom. The molecule has 0 aromatic carbocycles. The van der Waals surface area contributed by atoms with Crippen LogP contribution in [0.4, 0.5) is 0 Å². The van der Waals surface area contributed by atoms with Crippen molar-refractivity contribution in [2.45, 2.75) is 44.7 Å². The average molecular weight is 275 g/mol. The highest BCUT2D eigenvalue weighted by molar-refractivity contribution is 7.89. The Morgan fingerprint density at radius 1 is 1.33 bits per heavy atom. The van der Waals surface area contributed by atoms with Crippen molar-refractivity contribution in [3.63, 3.8) is 0 Å². The summed E-state index contributed by atoms with van der Waals surface area (Å²) in [5, 5.41) is 3.22. The van der Waals surface area contributed by atoms with Crippen molar-refractivity contribution in [2.24, 2.45) is 0 Å². The van der Waals surface area contributed by atoms with Gasteiger partial charge in [0.25, 0.3) is 0 Å². The van der Waals surface area contributed by atoms with Gasteiger partial charge in [-0.05, 0) is 38.8 Å². The van der Waals surface area contributed by atoms with Gasteiger partial charge in [0.1, 0.15) is 0 Å². The zero-order valence-electron chi connectivity index (χ0n) is 11.2. The lowest BCUT2D eigenvalue weighted by molar-refractivity contribution is 0.282. The van der Waals surface area contributed by atoms with Crippen LogP contribution < -0.4 is 10.0 Å². The van der Waals surface area contributed by atoms with Crippen molar-refractivity contribution in [2.75, 3.05) is 31.9 Å². The van der Waals surface area contributed by atoms with Crippen LogP contribution in [0.3, 0.4) is 0 Å². The molecule has 1 saturated carbocycles. The summed E-state index contributed by atoms with van der Waals surface area (Å²) in [6.07, 6.45) is 4.61. The second kappa shape index (κ2) is 6.32. The zero-order chi connectivity index (χ0) is 13.0. The monoisotopic (exact) mass is 275 g/mol. The molecule has 6 heteroatoms. The number of rotatable bonds is 8. The van der Waals surface area contributed by atoms with E-state index in [4.69, 9.17) is 0 Å². The van der Waals surface area contributed by atoms with Gasteiger partial charge in [-0.1, -0.05) is 6.92 Å². The lowest BCUT2D eigenvalue weighted by Gasteiger charge is -2.20. The van der Waals surface area contributed by atoms with Crippen molar-refractivity contribution in [1.29, 1.82) is 0 Å². The van der Waals surface area contributed by atoms with Crippen molar-refractivity contribution >= 4 is 10.0 Å². The van der Waals surface area contributed by atoms with E-state index in [0.717, 1.165) is 32.5 Å². The molecule has 0 bridgehead atoms. The summed E-state index contributed by atoms with van der Waals surface area (Å²) in [5.41, 5.74) is 0. The maximum absolute atomic E-state index is 11.9. The number of sulfonamides is 1. The molecule has 2 N–H and O–H groups in total. The molecule has 18 heavy (non-hydrogen) atoms. The fourth-order valence-electron chi connectivity index (χ4n) is 2.61. The van der Waals surface area contributed by atoms with Crippen LogP contribution in [0.2, 0.25) is 0 Å². The van der Waals surface area contributed by atoms with Crippen LogP contribution in [0.15, 0.2) is 0 Å². The van der Waals surface area contributed by atoms with E-state index in [1.165, 1.54) is 12.8 Å². The van der Waals surface area contributed by atoms with Crippen LogP contribution in [-0.4, -0.2) is 57.3 Å². The molecule has 106 valence electrons. The second-order valence-corrected chi connectivity index (χ2v) is 7.18. The zero-order valence-corrected chi connectivity index (χ0v) is 12.0. The summed E-state index contributed by atoms with van der Waals surface area (Å²) in [5.74, 6) is 0.225. The molecule has 0 radical (unpaired) electrons. The SMILES string of the molecule is CCN(CCNS(=O)(=O)CC1CCCN1)C1CC1. The van der Waals surface area contributed by atoms with E-state index in [-0.39, 0.29) is 11.8 Å². The molecular weight excluding hydrogens is 250 g/mol. The lowest BCUT2D eigenvalue weighted by atomic mass is 10.3. The van der Waals surface area contributed by atoms with Crippen molar-refractivity contribution in [1.82, 2.24) is 14.9 Å². The standard InChI is InChI=1S/C12H25N3O2S/c1-2-15(12-5-6-12)9-8-14-18(16,17)10-11-4-3-7-13-11/h11-14H,2-10H2,1H3. The number of hydrogen-bond donors (Lipinski definition) is 2. The Labute approximate surface area is 110 Å². The smallest absolute Gasteiger partial charge is 0.213 e. The van der Waals surface area contributed by atoms with Gasteiger partial charge in [0, 0.05) is 25.2 Å². The van der Waals surface area contributed by atoms with Gasteiger partial charge in [-0.25, -0.2) is 13.1 Å². The van der Waals surface area contributed by atoms with Crippen molar-refractivity contribution in [3.8, 4) is 0 Å². The summed E-state index contributed by atoms with van der Waals surface area (Å²) in [6, 6.07) is 0.851. The van der Waals surface area contributed by atoms with E-state index in [1.54, 1.807) is 0 Å². The molecule has 1 atom stereocenters. The minimum atomic E-state index is -3.11. The predicted octanol–water partition coefficient (Wildman–Crippen LogP) is 0.142. The van der Waals surface area contributed by atoms with Crippen LogP contribution in [0.25, 0.3) is 0 Å². The molecule has 2 fully saturated rings. The van der Waals surface area contributed by atoms with Gasteiger partial charge in [0.2, 0.25) is 10.0 Å². The topological polar surface area (TPSA) is 61.4 Å². The predicted molar refractivity (Wildman–Crippen MR) is 73.1 cm³/mol.